The van der Waals surface area contributed by atoms with Crippen LogP contribution in [0.1, 0.15) is 11.3 Å². The van der Waals surface area contributed by atoms with E-state index in [1.54, 1.807) is 11.6 Å². The average molecular weight is 437 g/mol. The number of benzene rings is 2. The van der Waals surface area contributed by atoms with Gasteiger partial charge in [-0.05, 0) is 56.1 Å². The first-order valence-corrected chi connectivity index (χ1v) is 10.8. The van der Waals surface area contributed by atoms with Gasteiger partial charge in [0.05, 0.1) is 12.8 Å². The maximum atomic E-state index is 12.5. The molecular formula is C23H24N4O3S. The molecule has 0 aliphatic heterocycles. The van der Waals surface area contributed by atoms with E-state index < -0.39 is 0 Å². The molecule has 0 N–H and O–H groups in total. The van der Waals surface area contributed by atoms with Gasteiger partial charge in [-0.2, -0.15) is 10.1 Å². The van der Waals surface area contributed by atoms with Gasteiger partial charge in [0.15, 0.2) is 0 Å². The zero-order valence-corrected chi connectivity index (χ0v) is 18.6. The van der Waals surface area contributed by atoms with E-state index in [2.05, 4.69) is 15.0 Å². The third-order valence-electron chi connectivity index (χ3n) is 4.84. The zero-order chi connectivity index (χ0) is 21.8. The molecule has 0 aliphatic rings. The fourth-order valence-electron chi connectivity index (χ4n) is 3.10. The van der Waals surface area contributed by atoms with Crippen molar-refractivity contribution in [3.05, 3.63) is 75.5 Å². The van der Waals surface area contributed by atoms with Crippen LogP contribution in [0.2, 0.25) is 0 Å². The van der Waals surface area contributed by atoms with E-state index in [0.29, 0.717) is 23.7 Å². The molecule has 2 aromatic carbocycles. The van der Waals surface area contributed by atoms with Crippen molar-refractivity contribution in [3.63, 3.8) is 0 Å². The highest BCUT2D eigenvalue weighted by molar-refractivity contribution is 7.15. The number of methoxy groups -OCH3 is 1. The lowest BCUT2D eigenvalue weighted by atomic mass is 10.1. The molecule has 2 aromatic heterocycles. The molecule has 0 atom stereocenters. The Bertz CT molecular complexity index is 1210. The van der Waals surface area contributed by atoms with Crippen molar-refractivity contribution in [1.82, 2.24) is 19.5 Å². The molecule has 0 radical (unpaired) electrons. The van der Waals surface area contributed by atoms with Crippen molar-refractivity contribution in [2.75, 3.05) is 34.4 Å². The minimum Gasteiger partial charge on any atom is -0.497 e. The van der Waals surface area contributed by atoms with Crippen LogP contribution in [0.5, 0.6) is 11.5 Å². The summed E-state index contributed by atoms with van der Waals surface area (Å²) in [5.41, 5.74) is 2.96. The van der Waals surface area contributed by atoms with Crippen molar-refractivity contribution in [3.8, 4) is 22.8 Å². The van der Waals surface area contributed by atoms with Crippen molar-refractivity contribution >= 4 is 16.3 Å². The van der Waals surface area contributed by atoms with Gasteiger partial charge in [-0.1, -0.05) is 12.1 Å². The summed E-state index contributed by atoms with van der Waals surface area (Å²) in [4.78, 5) is 19.4. The Hall–Kier alpha value is -3.23. The molecule has 0 fully saturated rings. The topological polar surface area (TPSA) is 69.0 Å². The van der Waals surface area contributed by atoms with E-state index in [4.69, 9.17) is 9.47 Å². The number of nitrogens with zero attached hydrogens (tertiary/aromatic N) is 4. The van der Waals surface area contributed by atoms with Crippen LogP contribution in [0.3, 0.4) is 0 Å². The Morgan fingerprint density at radius 3 is 2.42 bits per heavy atom. The number of fused-ring (bicyclic) bond motifs is 1. The Morgan fingerprint density at radius 1 is 1.03 bits per heavy atom. The minimum atomic E-state index is -0.297. The summed E-state index contributed by atoms with van der Waals surface area (Å²) in [7, 11) is 5.66. The molecule has 0 spiro atoms. The molecule has 8 heteroatoms. The normalized spacial score (nSPS) is 11.2. The van der Waals surface area contributed by atoms with E-state index in [-0.39, 0.29) is 5.56 Å². The second-order valence-electron chi connectivity index (χ2n) is 7.38. The van der Waals surface area contributed by atoms with Gasteiger partial charge < -0.3 is 14.4 Å². The Kier molecular flexibility index (Phi) is 6.29. The predicted octanol–water partition coefficient (Wildman–Crippen LogP) is 3.36. The summed E-state index contributed by atoms with van der Waals surface area (Å²) in [6.07, 6.45) is 0.409. The average Bonchev–Trinajstić information content (AvgIpc) is 3.17. The lowest BCUT2D eigenvalue weighted by Crippen LogP contribution is -2.19. The van der Waals surface area contributed by atoms with E-state index in [0.717, 1.165) is 34.9 Å². The lowest BCUT2D eigenvalue weighted by molar-refractivity contribution is 0.261. The van der Waals surface area contributed by atoms with Crippen LogP contribution in [0.4, 0.5) is 0 Å². The molecule has 0 amide bonds. The monoisotopic (exact) mass is 436 g/mol. The van der Waals surface area contributed by atoms with Crippen LogP contribution in [-0.4, -0.2) is 53.9 Å². The number of likely N-dealkylation sites (N-methyl/N-ethyl adjacent to an activating group) is 1. The zero-order valence-electron chi connectivity index (χ0n) is 17.7. The molecule has 2 heterocycles. The Labute approximate surface area is 184 Å². The molecule has 160 valence electrons. The van der Waals surface area contributed by atoms with Gasteiger partial charge >= 0.3 is 0 Å². The fourth-order valence-corrected chi connectivity index (χ4v) is 3.93. The van der Waals surface area contributed by atoms with Gasteiger partial charge in [-0.25, -0.2) is 4.52 Å². The molecule has 7 nitrogen and oxygen atoms in total. The first kappa shape index (κ1) is 21.0. The Balaban J connectivity index is 1.59. The largest absolute Gasteiger partial charge is 0.497 e. The summed E-state index contributed by atoms with van der Waals surface area (Å²) in [6, 6.07) is 15.5. The van der Waals surface area contributed by atoms with Crippen molar-refractivity contribution in [2.24, 2.45) is 0 Å². The second-order valence-corrected chi connectivity index (χ2v) is 8.22. The predicted molar refractivity (Wildman–Crippen MR) is 122 cm³/mol. The van der Waals surface area contributed by atoms with Gasteiger partial charge in [0.25, 0.3) is 5.56 Å². The summed E-state index contributed by atoms with van der Waals surface area (Å²) in [5.74, 6) is 1.60. The first-order chi connectivity index (χ1) is 15.0. The van der Waals surface area contributed by atoms with Crippen LogP contribution in [-0.2, 0) is 6.42 Å². The highest BCUT2D eigenvalue weighted by Gasteiger charge is 2.13. The molecule has 4 rings (SSSR count). The molecular weight excluding hydrogens is 412 g/mol. The molecule has 0 aliphatic carbocycles. The smallest absolute Gasteiger partial charge is 0.296 e. The summed E-state index contributed by atoms with van der Waals surface area (Å²) in [5, 5.41) is 6.59. The van der Waals surface area contributed by atoms with E-state index in [9.17, 15) is 4.79 Å². The Morgan fingerprint density at radius 2 is 1.74 bits per heavy atom. The maximum Gasteiger partial charge on any atom is 0.296 e. The van der Waals surface area contributed by atoms with E-state index in [1.165, 1.54) is 11.3 Å². The minimum absolute atomic E-state index is 0.297. The quantitative estimate of drug-likeness (QED) is 0.422. The maximum absolute atomic E-state index is 12.5. The van der Waals surface area contributed by atoms with Crippen molar-refractivity contribution < 1.29 is 9.47 Å². The summed E-state index contributed by atoms with van der Waals surface area (Å²) in [6.45, 7) is 1.49. The van der Waals surface area contributed by atoms with Crippen molar-refractivity contribution in [2.45, 2.75) is 6.42 Å². The summed E-state index contributed by atoms with van der Waals surface area (Å²) < 4.78 is 12.7. The number of hydrogen-bond donors (Lipinski definition) is 0. The number of ether oxygens (including phenoxy) is 2. The molecule has 0 saturated heterocycles. The van der Waals surface area contributed by atoms with Gasteiger partial charge in [-0.15, -0.1) is 11.3 Å². The van der Waals surface area contributed by atoms with E-state index in [1.807, 2.05) is 68.0 Å². The highest BCUT2D eigenvalue weighted by Crippen LogP contribution is 2.26. The first-order valence-electron chi connectivity index (χ1n) is 9.92. The number of hydrogen-bond acceptors (Lipinski definition) is 7. The molecule has 0 saturated carbocycles. The SMILES string of the molecule is COc1ccc(Cc2nn3c(-c4ccc(OCCN(C)C)cc4)csc3nc2=O)cc1. The van der Waals surface area contributed by atoms with Gasteiger partial charge in [0.1, 0.15) is 23.8 Å². The second kappa shape index (κ2) is 9.28. The number of aromatic nitrogens is 3. The fraction of sp³-hybridized carbons (Fsp3) is 0.261. The summed E-state index contributed by atoms with van der Waals surface area (Å²) >= 11 is 1.40. The van der Waals surface area contributed by atoms with E-state index >= 15 is 0 Å². The molecule has 4 aromatic rings. The molecule has 31 heavy (non-hydrogen) atoms. The van der Waals surface area contributed by atoms with Crippen LogP contribution < -0.4 is 15.0 Å². The standard InChI is InChI=1S/C23H24N4O3S/c1-26(2)12-13-30-19-10-6-17(7-11-19)21-15-31-23-24-22(28)20(25-27(21)23)14-16-4-8-18(29-3)9-5-16/h4-11,15H,12-14H2,1-3H3. The molecule has 0 unspecified atom stereocenters. The lowest BCUT2D eigenvalue weighted by Gasteiger charge is -2.11. The van der Waals surface area contributed by atoms with Gasteiger partial charge in [0, 0.05) is 23.9 Å². The number of rotatable bonds is 8. The van der Waals surface area contributed by atoms with Gasteiger partial charge in [-0.3, -0.25) is 4.79 Å². The van der Waals surface area contributed by atoms with Crippen LogP contribution in [0.25, 0.3) is 16.2 Å². The van der Waals surface area contributed by atoms with Crippen molar-refractivity contribution in [1.29, 1.82) is 0 Å². The van der Waals surface area contributed by atoms with Crippen LogP contribution >= 0.6 is 11.3 Å². The van der Waals surface area contributed by atoms with Gasteiger partial charge in [0.2, 0.25) is 4.96 Å². The highest BCUT2D eigenvalue weighted by atomic mass is 32.1. The van der Waals surface area contributed by atoms with Crippen LogP contribution in [0.15, 0.2) is 58.7 Å². The third kappa shape index (κ3) is 4.92. The third-order valence-corrected chi connectivity index (χ3v) is 5.65. The van der Waals surface area contributed by atoms with Crippen LogP contribution in [0, 0.1) is 0 Å². The number of thiazole rings is 1. The molecule has 0 bridgehead atoms.